The van der Waals surface area contributed by atoms with Crippen LogP contribution in [0.15, 0.2) is 24.3 Å². The molecule has 0 saturated heterocycles. The Morgan fingerprint density at radius 1 is 1.24 bits per heavy atom. The summed E-state index contributed by atoms with van der Waals surface area (Å²) >= 11 is 0. The predicted molar refractivity (Wildman–Crippen MR) is 66.8 cm³/mol. The summed E-state index contributed by atoms with van der Waals surface area (Å²) in [4.78, 5) is 22.3. The topological polar surface area (TPSA) is 84.2 Å². The van der Waals surface area contributed by atoms with E-state index in [2.05, 4.69) is 10.6 Å². The molecule has 0 radical (unpaired) electrons. The van der Waals surface area contributed by atoms with Gasteiger partial charge in [-0.15, -0.1) is 0 Å². The normalized spacial score (nSPS) is 9.94. The van der Waals surface area contributed by atoms with E-state index >= 15 is 0 Å². The molecule has 0 atom stereocenters. The number of rotatable bonds is 6. The minimum Gasteiger partial charge on any atom is -0.366 e. The molecular formula is C12H17N3O2. The largest absolute Gasteiger partial charge is 0.366 e. The van der Waals surface area contributed by atoms with Crippen molar-refractivity contribution < 1.29 is 9.59 Å². The summed E-state index contributed by atoms with van der Waals surface area (Å²) in [5.41, 5.74) is 6.20. The highest BCUT2D eigenvalue weighted by Crippen LogP contribution is 2.09. The van der Waals surface area contributed by atoms with Crippen LogP contribution in [0.2, 0.25) is 0 Å². The van der Waals surface area contributed by atoms with Gasteiger partial charge in [0.2, 0.25) is 11.8 Å². The SMILES string of the molecule is CCNCCC(=O)Nc1ccc(C(N)=O)cc1. The quantitative estimate of drug-likeness (QED) is 0.635. The summed E-state index contributed by atoms with van der Waals surface area (Å²) in [6, 6.07) is 6.49. The molecule has 92 valence electrons. The van der Waals surface area contributed by atoms with Crippen LogP contribution >= 0.6 is 0 Å². The van der Waals surface area contributed by atoms with Gasteiger partial charge in [-0.05, 0) is 30.8 Å². The molecule has 0 bridgehead atoms. The average molecular weight is 235 g/mol. The lowest BCUT2D eigenvalue weighted by atomic mass is 10.2. The van der Waals surface area contributed by atoms with E-state index in [1.165, 1.54) is 0 Å². The zero-order chi connectivity index (χ0) is 12.7. The first-order valence-electron chi connectivity index (χ1n) is 5.54. The molecule has 0 aliphatic rings. The molecule has 1 rings (SSSR count). The number of anilines is 1. The second-order valence-corrected chi connectivity index (χ2v) is 3.59. The molecule has 0 fully saturated rings. The van der Waals surface area contributed by atoms with Crippen molar-refractivity contribution in [3.63, 3.8) is 0 Å². The highest BCUT2D eigenvalue weighted by molar-refractivity contribution is 5.94. The fourth-order valence-electron chi connectivity index (χ4n) is 1.32. The standard InChI is InChI=1S/C12H17N3O2/c1-2-14-8-7-11(16)15-10-5-3-9(4-6-10)12(13)17/h3-6,14H,2,7-8H2,1H3,(H2,13,17)(H,15,16). The maximum atomic E-state index is 11.5. The molecule has 0 aliphatic heterocycles. The van der Waals surface area contributed by atoms with E-state index < -0.39 is 5.91 Å². The summed E-state index contributed by atoms with van der Waals surface area (Å²) in [5, 5.41) is 5.80. The second kappa shape index (κ2) is 6.65. The number of benzene rings is 1. The van der Waals surface area contributed by atoms with E-state index in [4.69, 9.17) is 5.73 Å². The predicted octanol–water partition coefficient (Wildman–Crippen LogP) is 0.724. The molecule has 1 aromatic carbocycles. The summed E-state index contributed by atoms with van der Waals surface area (Å²) in [6.07, 6.45) is 0.422. The van der Waals surface area contributed by atoms with Gasteiger partial charge in [-0.1, -0.05) is 6.92 Å². The lowest BCUT2D eigenvalue weighted by Crippen LogP contribution is -2.21. The number of carbonyl (C=O) groups excluding carboxylic acids is 2. The molecule has 5 heteroatoms. The van der Waals surface area contributed by atoms with Crippen molar-refractivity contribution in [1.82, 2.24) is 5.32 Å². The third-order valence-corrected chi connectivity index (χ3v) is 2.23. The summed E-state index contributed by atoms with van der Waals surface area (Å²) in [6.45, 7) is 3.49. The van der Waals surface area contributed by atoms with Gasteiger partial charge in [0.25, 0.3) is 0 Å². The van der Waals surface area contributed by atoms with E-state index in [1.54, 1.807) is 24.3 Å². The van der Waals surface area contributed by atoms with Crippen LogP contribution < -0.4 is 16.4 Å². The molecule has 0 aliphatic carbocycles. The Morgan fingerprint density at radius 3 is 2.41 bits per heavy atom. The molecule has 0 heterocycles. The molecule has 1 aromatic rings. The van der Waals surface area contributed by atoms with E-state index in [9.17, 15) is 9.59 Å². The van der Waals surface area contributed by atoms with Gasteiger partial charge in [0.15, 0.2) is 0 Å². The average Bonchev–Trinajstić information content (AvgIpc) is 2.30. The van der Waals surface area contributed by atoms with Gasteiger partial charge in [0.05, 0.1) is 0 Å². The molecular weight excluding hydrogens is 218 g/mol. The van der Waals surface area contributed by atoms with E-state index in [-0.39, 0.29) is 5.91 Å². The van der Waals surface area contributed by atoms with Gasteiger partial charge in [-0.25, -0.2) is 0 Å². The summed E-state index contributed by atoms with van der Waals surface area (Å²) in [5.74, 6) is -0.534. The number of primary amides is 1. The zero-order valence-electron chi connectivity index (χ0n) is 9.82. The van der Waals surface area contributed by atoms with Crippen LogP contribution in [-0.4, -0.2) is 24.9 Å². The number of amides is 2. The van der Waals surface area contributed by atoms with Gasteiger partial charge >= 0.3 is 0 Å². The van der Waals surface area contributed by atoms with Crippen LogP contribution in [0.5, 0.6) is 0 Å². The van der Waals surface area contributed by atoms with Gasteiger partial charge in [0, 0.05) is 24.2 Å². The van der Waals surface area contributed by atoms with Gasteiger partial charge in [-0.3, -0.25) is 9.59 Å². The first kappa shape index (κ1) is 13.2. The third-order valence-electron chi connectivity index (χ3n) is 2.23. The molecule has 17 heavy (non-hydrogen) atoms. The molecule has 4 N–H and O–H groups in total. The van der Waals surface area contributed by atoms with E-state index in [0.717, 1.165) is 6.54 Å². The molecule has 0 spiro atoms. The van der Waals surface area contributed by atoms with Crippen molar-refractivity contribution in [2.24, 2.45) is 5.73 Å². The van der Waals surface area contributed by atoms with Crippen LogP contribution in [0.3, 0.4) is 0 Å². The smallest absolute Gasteiger partial charge is 0.248 e. The number of nitrogens with two attached hydrogens (primary N) is 1. The lowest BCUT2D eigenvalue weighted by Gasteiger charge is -2.05. The molecule has 0 saturated carbocycles. The van der Waals surface area contributed by atoms with Crippen molar-refractivity contribution >= 4 is 17.5 Å². The number of nitrogens with one attached hydrogen (secondary N) is 2. The Labute approximate surface area is 100 Å². The van der Waals surface area contributed by atoms with Crippen LogP contribution in [0, 0.1) is 0 Å². The first-order valence-corrected chi connectivity index (χ1v) is 5.54. The number of hydrogen-bond acceptors (Lipinski definition) is 3. The Hall–Kier alpha value is -1.88. The van der Waals surface area contributed by atoms with Crippen LogP contribution in [0.1, 0.15) is 23.7 Å². The van der Waals surface area contributed by atoms with Crippen molar-refractivity contribution in [2.45, 2.75) is 13.3 Å². The van der Waals surface area contributed by atoms with Crippen molar-refractivity contribution in [1.29, 1.82) is 0 Å². The first-order chi connectivity index (χ1) is 8.13. The second-order valence-electron chi connectivity index (χ2n) is 3.59. The van der Waals surface area contributed by atoms with Gasteiger partial charge in [0.1, 0.15) is 0 Å². The van der Waals surface area contributed by atoms with Crippen LogP contribution in [0.4, 0.5) is 5.69 Å². The molecule has 0 aromatic heterocycles. The highest BCUT2D eigenvalue weighted by Gasteiger charge is 2.03. The molecule has 0 unspecified atom stereocenters. The summed E-state index contributed by atoms with van der Waals surface area (Å²) < 4.78 is 0. The maximum Gasteiger partial charge on any atom is 0.248 e. The van der Waals surface area contributed by atoms with E-state index in [0.29, 0.717) is 24.2 Å². The third kappa shape index (κ3) is 4.65. The Bertz CT molecular complexity index is 387. The molecule has 5 nitrogen and oxygen atoms in total. The Morgan fingerprint density at radius 2 is 1.88 bits per heavy atom. The summed E-state index contributed by atoms with van der Waals surface area (Å²) in [7, 11) is 0. The Kier molecular flexibility index (Phi) is 5.16. The minimum atomic E-state index is -0.477. The molecule has 2 amide bonds. The minimum absolute atomic E-state index is 0.0576. The monoisotopic (exact) mass is 235 g/mol. The Balaban J connectivity index is 2.46. The van der Waals surface area contributed by atoms with Gasteiger partial charge < -0.3 is 16.4 Å². The number of carbonyl (C=O) groups is 2. The highest BCUT2D eigenvalue weighted by atomic mass is 16.2. The van der Waals surface area contributed by atoms with Crippen LogP contribution in [0.25, 0.3) is 0 Å². The van der Waals surface area contributed by atoms with Crippen molar-refractivity contribution in [3.8, 4) is 0 Å². The number of hydrogen-bond donors (Lipinski definition) is 3. The van der Waals surface area contributed by atoms with Gasteiger partial charge in [-0.2, -0.15) is 0 Å². The maximum absolute atomic E-state index is 11.5. The van der Waals surface area contributed by atoms with Crippen LogP contribution in [-0.2, 0) is 4.79 Å². The fourth-order valence-corrected chi connectivity index (χ4v) is 1.32. The fraction of sp³-hybridized carbons (Fsp3) is 0.333. The zero-order valence-corrected chi connectivity index (χ0v) is 9.82. The van der Waals surface area contributed by atoms with Crippen molar-refractivity contribution in [2.75, 3.05) is 18.4 Å². The van der Waals surface area contributed by atoms with E-state index in [1.807, 2.05) is 6.92 Å². The lowest BCUT2D eigenvalue weighted by molar-refractivity contribution is -0.116. The van der Waals surface area contributed by atoms with Crippen molar-refractivity contribution in [3.05, 3.63) is 29.8 Å².